The largest absolute Gasteiger partial charge is 0.493 e. The summed E-state index contributed by atoms with van der Waals surface area (Å²) in [4.78, 5) is 22.0. The van der Waals surface area contributed by atoms with Crippen molar-refractivity contribution < 1.29 is 19.2 Å². The molecular formula is C16H13NO5. The predicted octanol–water partition coefficient (Wildman–Crippen LogP) is 3.22. The maximum atomic E-state index is 11.8. The molecule has 6 heteroatoms. The van der Waals surface area contributed by atoms with E-state index in [1.165, 1.54) is 31.4 Å². The van der Waals surface area contributed by atoms with E-state index in [9.17, 15) is 14.9 Å². The van der Waals surface area contributed by atoms with Crippen LogP contribution in [0, 0.1) is 10.1 Å². The number of rotatable bonds is 5. The Morgan fingerprint density at radius 1 is 1.14 bits per heavy atom. The molecule has 0 amide bonds. The Hall–Kier alpha value is -3.15. The molecule has 0 N–H and O–H groups in total. The predicted molar refractivity (Wildman–Crippen MR) is 80.8 cm³/mol. The van der Waals surface area contributed by atoms with Crippen LogP contribution in [-0.2, 0) is 4.79 Å². The second-order valence-corrected chi connectivity index (χ2v) is 4.26. The molecule has 112 valence electrons. The number of nitro benzene ring substituents is 1. The number of carbonyl (C=O) groups is 1. The van der Waals surface area contributed by atoms with E-state index in [1.54, 1.807) is 36.4 Å². The first-order valence-corrected chi connectivity index (χ1v) is 6.37. The molecule has 0 aromatic heterocycles. The summed E-state index contributed by atoms with van der Waals surface area (Å²) in [6.07, 6.45) is 2.65. The number of methoxy groups -OCH3 is 1. The number of para-hydroxylation sites is 2. The van der Waals surface area contributed by atoms with Gasteiger partial charge in [-0.05, 0) is 23.8 Å². The molecule has 6 nitrogen and oxygen atoms in total. The third-order valence-corrected chi connectivity index (χ3v) is 2.77. The zero-order valence-electron chi connectivity index (χ0n) is 11.8. The first-order chi connectivity index (χ1) is 10.6. The van der Waals surface area contributed by atoms with Crippen LogP contribution in [0.2, 0.25) is 0 Å². The van der Waals surface area contributed by atoms with Crippen molar-refractivity contribution in [3.63, 3.8) is 0 Å². The normalized spacial score (nSPS) is 10.4. The molecule has 2 rings (SSSR count). The van der Waals surface area contributed by atoms with Crippen LogP contribution in [0.5, 0.6) is 11.5 Å². The minimum absolute atomic E-state index is 0.0414. The van der Waals surface area contributed by atoms with Crippen molar-refractivity contribution in [2.75, 3.05) is 7.11 Å². The van der Waals surface area contributed by atoms with Gasteiger partial charge in [-0.15, -0.1) is 0 Å². The lowest BCUT2D eigenvalue weighted by Gasteiger charge is -2.06. The van der Waals surface area contributed by atoms with E-state index in [-0.39, 0.29) is 5.69 Å². The van der Waals surface area contributed by atoms with Crippen LogP contribution in [0.25, 0.3) is 6.08 Å². The fraction of sp³-hybridized carbons (Fsp3) is 0.0625. The van der Waals surface area contributed by atoms with Gasteiger partial charge in [-0.1, -0.05) is 24.3 Å². The van der Waals surface area contributed by atoms with Gasteiger partial charge in [0, 0.05) is 18.2 Å². The van der Waals surface area contributed by atoms with Crippen molar-refractivity contribution in [2.24, 2.45) is 0 Å². The zero-order valence-corrected chi connectivity index (χ0v) is 11.8. The highest BCUT2D eigenvalue weighted by atomic mass is 16.6. The molecule has 0 bridgehead atoms. The average Bonchev–Trinajstić information content (AvgIpc) is 2.53. The fourth-order valence-electron chi connectivity index (χ4n) is 1.75. The highest BCUT2D eigenvalue weighted by Gasteiger charge is 2.07. The standard InChI is InChI=1S/C16H13NO5/c1-21-14-7-2-3-8-15(14)22-16(18)10-9-12-5-4-6-13(11-12)17(19)20/h2-11H,1H3. The third kappa shape index (κ3) is 3.92. The summed E-state index contributed by atoms with van der Waals surface area (Å²) >= 11 is 0. The number of esters is 1. The molecule has 0 aliphatic carbocycles. The van der Waals surface area contributed by atoms with Gasteiger partial charge in [0.15, 0.2) is 11.5 Å². The number of hydrogen-bond donors (Lipinski definition) is 0. The van der Waals surface area contributed by atoms with Crippen LogP contribution >= 0.6 is 0 Å². The number of nitro groups is 1. The van der Waals surface area contributed by atoms with Gasteiger partial charge in [-0.2, -0.15) is 0 Å². The van der Waals surface area contributed by atoms with Gasteiger partial charge in [0.05, 0.1) is 12.0 Å². The molecular weight excluding hydrogens is 286 g/mol. The Morgan fingerprint density at radius 2 is 1.86 bits per heavy atom. The molecule has 0 atom stereocenters. The molecule has 2 aromatic carbocycles. The molecule has 2 aromatic rings. The number of hydrogen-bond acceptors (Lipinski definition) is 5. The van der Waals surface area contributed by atoms with Gasteiger partial charge in [-0.3, -0.25) is 10.1 Å². The Kier molecular flexibility index (Phi) is 4.87. The first-order valence-electron chi connectivity index (χ1n) is 6.37. The Bertz CT molecular complexity index is 724. The minimum atomic E-state index is -0.601. The number of ether oxygens (including phenoxy) is 2. The molecule has 0 heterocycles. The molecule has 0 saturated carbocycles. The van der Waals surface area contributed by atoms with Crippen LogP contribution in [0.4, 0.5) is 5.69 Å². The zero-order chi connectivity index (χ0) is 15.9. The van der Waals surface area contributed by atoms with Crippen LogP contribution in [-0.4, -0.2) is 18.0 Å². The van der Waals surface area contributed by atoms with Crippen molar-refractivity contribution in [3.8, 4) is 11.5 Å². The summed E-state index contributed by atoms with van der Waals surface area (Å²) < 4.78 is 10.2. The highest BCUT2D eigenvalue weighted by Crippen LogP contribution is 2.26. The molecule has 0 fully saturated rings. The van der Waals surface area contributed by atoms with E-state index in [0.29, 0.717) is 17.1 Å². The van der Waals surface area contributed by atoms with Crippen molar-refractivity contribution in [1.29, 1.82) is 0 Å². The number of benzene rings is 2. The second kappa shape index (κ2) is 7.03. The molecule has 0 aliphatic rings. The lowest BCUT2D eigenvalue weighted by molar-refractivity contribution is -0.384. The Labute approximate surface area is 126 Å². The topological polar surface area (TPSA) is 78.7 Å². The van der Waals surface area contributed by atoms with E-state index >= 15 is 0 Å². The average molecular weight is 299 g/mol. The maximum absolute atomic E-state index is 11.8. The van der Waals surface area contributed by atoms with Crippen molar-refractivity contribution in [2.45, 2.75) is 0 Å². The van der Waals surface area contributed by atoms with Crippen molar-refractivity contribution in [3.05, 3.63) is 70.3 Å². The number of nitrogens with zero attached hydrogens (tertiary/aromatic N) is 1. The van der Waals surface area contributed by atoms with Crippen LogP contribution in [0.1, 0.15) is 5.56 Å². The third-order valence-electron chi connectivity index (χ3n) is 2.77. The van der Waals surface area contributed by atoms with Gasteiger partial charge in [-0.25, -0.2) is 4.79 Å². The second-order valence-electron chi connectivity index (χ2n) is 4.26. The molecule has 22 heavy (non-hydrogen) atoms. The van der Waals surface area contributed by atoms with Gasteiger partial charge in [0.1, 0.15) is 0 Å². The van der Waals surface area contributed by atoms with Crippen molar-refractivity contribution >= 4 is 17.7 Å². The summed E-state index contributed by atoms with van der Waals surface area (Å²) in [6.45, 7) is 0. The van der Waals surface area contributed by atoms with Crippen LogP contribution < -0.4 is 9.47 Å². The highest BCUT2D eigenvalue weighted by molar-refractivity contribution is 5.89. The lowest BCUT2D eigenvalue weighted by atomic mass is 10.2. The maximum Gasteiger partial charge on any atom is 0.336 e. The molecule has 0 aliphatic heterocycles. The smallest absolute Gasteiger partial charge is 0.336 e. The summed E-state index contributed by atoms with van der Waals surface area (Å²) in [5.41, 5.74) is 0.492. The quantitative estimate of drug-likeness (QED) is 0.278. The lowest BCUT2D eigenvalue weighted by Crippen LogP contribution is -2.04. The summed E-state index contributed by atoms with van der Waals surface area (Å²) in [5, 5.41) is 10.7. The minimum Gasteiger partial charge on any atom is -0.493 e. The van der Waals surface area contributed by atoms with E-state index in [2.05, 4.69) is 0 Å². The van der Waals surface area contributed by atoms with Crippen molar-refractivity contribution in [1.82, 2.24) is 0 Å². The Morgan fingerprint density at radius 3 is 2.55 bits per heavy atom. The van der Waals surface area contributed by atoms with E-state index in [0.717, 1.165) is 0 Å². The number of carbonyl (C=O) groups excluding carboxylic acids is 1. The summed E-state index contributed by atoms with van der Waals surface area (Å²) in [5.74, 6) is 0.147. The number of non-ortho nitro benzene ring substituents is 1. The van der Waals surface area contributed by atoms with Crippen LogP contribution in [0.15, 0.2) is 54.6 Å². The molecule has 0 spiro atoms. The fourth-order valence-corrected chi connectivity index (χ4v) is 1.75. The SMILES string of the molecule is COc1ccccc1OC(=O)C=Cc1cccc([N+](=O)[O-])c1. The van der Waals surface area contributed by atoms with Gasteiger partial charge in [0.25, 0.3) is 5.69 Å². The van der Waals surface area contributed by atoms with E-state index in [1.807, 2.05) is 0 Å². The summed E-state index contributed by atoms with van der Waals surface area (Å²) in [7, 11) is 1.48. The molecule has 0 radical (unpaired) electrons. The Balaban J connectivity index is 2.08. The molecule has 0 saturated heterocycles. The summed E-state index contributed by atoms with van der Waals surface area (Å²) in [6, 6.07) is 12.7. The van der Waals surface area contributed by atoms with E-state index in [4.69, 9.17) is 9.47 Å². The van der Waals surface area contributed by atoms with Gasteiger partial charge >= 0.3 is 5.97 Å². The first kappa shape index (κ1) is 15.2. The van der Waals surface area contributed by atoms with Gasteiger partial charge < -0.3 is 9.47 Å². The van der Waals surface area contributed by atoms with Gasteiger partial charge in [0.2, 0.25) is 0 Å². The monoisotopic (exact) mass is 299 g/mol. The van der Waals surface area contributed by atoms with Crippen LogP contribution in [0.3, 0.4) is 0 Å². The van der Waals surface area contributed by atoms with E-state index < -0.39 is 10.9 Å². The molecule has 0 unspecified atom stereocenters.